The van der Waals surface area contributed by atoms with Crippen molar-refractivity contribution in [2.75, 3.05) is 0 Å². The number of carboxylic acid groups (broad SMARTS) is 1. The topological polar surface area (TPSA) is 66.0 Å². The number of aromatic amines is 1. The van der Waals surface area contributed by atoms with Crippen LogP contribution in [0.3, 0.4) is 0 Å². The minimum atomic E-state index is -0.903. The number of nitrogens with one attached hydrogen (secondary N) is 1. The first-order valence-electron chi connectivity index (χ1n) is 4.28. The van der Waals surface area contributed by atoms with E-state index in [0.717, 1.165) is 16.6 Å². The number of pyridine rings is 1. The van der Waals surface area contributed by atoms with E-state index in [-0.39, 0.29) is 0 Å². The Labute approximate surface area is 80.6 Å². The Bertz CT molecular complexity index is 514. The zero-order chi connectivity index (χ0) is 10.3. The average Bonchev–Trinajstić information content (AvgIpc) is 2.40. The van der Waals surface area contributed by atoms with Crippen LogP contribution in [0.25, 0.3) is 10.9 Å². The van der Waals surface area contributed by atoms with E-state index >= 15 is 0 Å². The molecule has 0 radical (unpaired) electrons. The number of fused-ring (bicyclic) bond motifs is 1. The molecule has 2 aromatic rings. The quantitative estimate of drug-likeness (QED) is 0.721. The summed E-state index contributed by atoms with van der Waals surface area (Å²) in [5.41, 5.74) is 2.59. The van der Waals surface area contributed by atoms with Crippen LogP contribution in [0.15, 0.2) is 12.3 Å². The number of nitrogens with zero attached hydrogens (tertiary/aromatic N) is 1. The second-order valence-electron chi connectivity index (χ2n) is 3.30. The van der Waals surface area contributed by atoms with Gasteiger partial charge in [0.05, 0.1) is 17.3 Å². The second-order valence-corrected chi connectivity index (χ2v) is 3.30. The first-order valence-corrected chi connectivity index (χ1v) is 4.28. The molecule has 0 aliphatic rings. The largest absolute Gasteiger partial charge is 0.478 e. The fourth-order valence-electron chi connectivity index (χ4n) is 1.61. The summed E-state index contributed by atoms with van der Waals surface area (Å²) >= 11 is 0. The van der Waals surface area contributed by atoms with Crippen molar-refractivity contribution in [2.24, 2.45) is 0 Å². The van der Waals surface area contributed by atoms with Gasteiger partial charge in [-0.15, -0.1) is 0 Å². The molecule has 0 atom stereocenters. The van der Waals surface area contributed by atoms with Gasteiger partial charge in [-0.05, 0) is 19.9 Å². The van der Waals surface area contributed by atoms with Gasteiger partial charge in [-0.25, -0.2) is 4.79 Å². The van der Waals surface area contributed by atoms with Crippen LogP contribution in [-0.2, 0) is 0 Å². The summed E-state index contributed by atoms with van der Waals surface area (Å²) in [4.78, 5) is 18.1. The number of rotatable bonds is 1. The highest BCUT2D eigenvalue weighted by molar-refractivity contribution is 6.04. The van der Waals surface area contributed by atoms with Crippen LogP contribution >= 0.6 is 0 Å². The average molecular weight is 190 g/mol. The monoisotopic (exact) mass is 190 g/mol. The summed E-state index contributed by atoms with van der Waals surface area (Å²) in [6.07, 6.45) is 1.66. The third kappa shape index (κ3) is 1.16. The maximum absolute atomic E-state index is 11.0. The van der Waals surface area contributed by atoms with E-state index < -0.39 is 5.97 Å². The van der Waals surface area contributed by atoms with Crippen molar-refractivity contribution in [1.82, 2.24) is 9.97 Å². The van der Waals surface area contributed by atoms with Crippen LogP contribution in [0.5, 0.6) is 0 Å². The lowest BCUT2D eigenvalue weighted by Crippen LogP contribution is -1.97. The molecule has 0 unspecified atom stereocenters. The van der Waals surface area contributed by atoms with Crippen molar-refractivity contribution in [1.29, 1.82) is 0 Å². The number of aromatic carboxylic acids is 1. The van der Waals surface area contributed by atoms with Crippen molar-refractivity contribution < 1.29 is 9.90 Å². The van der Waals surface area contributed by atoms with Gasteiger partial charge in [0.2, 0.25) is 0 Å². The van der Waals surface area contributed by atoms with Crippen LogP contribution in [0.1, 0.15) is 21.7 Å². The number of aromatic nitrogens is 2. The lowest BCUT2D eigenvalue weighted by atomic mass is 10.1. The summed E-state index contributed by atoms with van der Waals surface area (Å²) < 4.78 is 0. The van der Waals surface area contributed by atoms with E-state index in [2.05, 4.69) is 9.97 Å². The Morgan fingerprint density at radius 2 is 2.21 bits per heavy atom. The molecule has 4 nitrogen and oxygen atoms in total. The Balaban J connectivity index is 2.86. The van der Waals surface area contributed by atoms with Gasteiger partial charge >= 0.3 is 5.97 Å². The Kier molecular flexibility index (Phi) is 1.77. The molecule has 0 spiro atoms. The summed E-state index contributed by atoms with van der Waals surface area (Å²) in [6, 6.07) is 1.78. The van der Waals surface area contributed by atoms with Gasteiger partial charge in [-0.3, -0.25) is 4.98 Å². The first kappa shape index (κ1) is 8.74. The minimum Gasteiger partial charge on any atom is -0.478 e. The number of aryl methyl sites for hydroxylation is 2. The number of hydrogen-bond donors (Lipinski definition) is 2. The van der Waals surface area contributed by atoms with Crippen LogP contribution in [-0.4, -0.2) is 21.0 Å². The molecule has 0 saturated carbocycles. The number of hydrogen-bond acceptors (Lipinski definition) is 2. The molecule has 0 bridgehead atoms. The molecule has 2 N–H and O–H groups in total. The highest BCUT2D eigenvalue weighted by Crippen LogP contribution is 2.21. The molecule has 2 heterocycles. The van der Waals surface area contributed by atoms with E-state index in [0.29, 0.717) is 11.3 Å². The van der Waals surface area contributed by atoms with Crippen LogP contribution in [0, 0.1) is 13.8 Å². The van der Waals surface area contributed by atoms with Crippen LogP contribution in [0.2, 0.25) is 0 Å². The third-order valence-corrected chi connectivity index (χ3v) is 2.22. The highest BCUT2D eigenvalue weighted by atomic mass is 16.4. The van der Waals surface area contributed by atoms with E-state index in [9.17, 15) is 4.79 Å². The molecule has 4 heteroatoms. The van der Waals surface area contributed by atoms with E-state index in [4.69, 9.17) is 5.11 Å². The highest BCUT2D eigenvalue weighted by Gasteiger charge is 2.14. The normalized spacial score (nSPS) is 10.7. The molecule has 0 fully saturated rings. The van der Waals surface area contributed by atoms with Crippen molar-refractivity contribution in [3.05, 3.63) is 29.2 Å². The molecule has 0 aliphatic carbocycles. The van der Waals surface area contributed by atoms with Crippen LogP contribution < -0.4 is 0 Å². The van der Waals surface area contributed by atoms with Crippen molar-refractivity contribution in [2.45, 2.75) is 13.8 Å². The van der Waals surface area contributed by atoms with Gasteiger partial charge in [-0.2, -0.15) is 0 Å². The summed E-state index contributed by atoms with van der Waals surface area (Å²) in [5.74, 6) is -0.903. The maximum Gasteiger partial charge on any atom is 0.338 e. The predicted octanol–water partition coefficient (Wildman–Crippen LogP) is 1.88. The lowest BCUT2D eigenvalue weighted by molar-refractivity contribution is 0.0698. The fourth-order valence-corrected chi connectivity index (χ4v) is 1.61. The first-order chi connectivity index (χ1) is 6.59. The molecule has 2 rings (SSSR count). The minimum absolute atomic E-state index is 0.338. The van der Waals surface area contributed by atoms with Gasteiger partial charge < -0.3 is 10.1 Å². The molecule has 2 aromatic heterocycles. The zero-order valence-electron chi connectivity index (χ0n) is 7.96. The van der Waals surface area contributed by atoms with E-state index in [1.54, 1.807) is 19.2 Å². The van der Waals surface area contributed by atoms with Crippen LogP contribution in [0.4, 0.5) is 0 Å². The Hall–Kier alpha value is -1.84. The molecule has 0 aromatic carbocycles. The van der Waals surface area contributed by atoms with Crippen molar-refractivity contribution in [3.63, 3.8) is 0 Å². The SMILES string of the molecule is Cc1cc2c(C(=O)O)c(C)[nH]c2cn1. The maximum atomic E-state index is 11.0. The lowest BCUT2D eigenvalue weighted by Gasteiger charge is -1.94. The zero-order valence-corrected chi connectivity index (χ0v) is 7.96. The standard InChI is InChI=1S/C10H10N2O2/c1-5-3-7-8(4-11-5)12-6(2)9(7)10(13)14/h3-4,12H,1-2H3,(H,13,14). The van der Waals surface area contributed by atoms with Gasteiger partial charge in [-0.1, -0.05) is 0 Å². The summed E-state index contributed by atoms with van der Waals surface area (Å²) in [5, 5.41) is 9.73. The predicted molar refractivity (Wildman–Crippen MR) is 52.5 cm³/mol. The molecule has 0 amide bonds. The fraction of sp³-hybridized carbons (Fsp3) is 0.200. The Morgan fingerprint density at radius 1 is 1.50 bits per heavy atom. The van der Waals surface area contributed by atoms with Gasteiger partial charge in [0.25, 0.3) is 0 Å². The number of carboxylic acids is 1. The molecule has 0 saturated heterocycles. The number of H-pyrrole nitrogens is 1. The second kappa shape index (κ2) is 2.83. The molecule has 72 valence electrons. The third-order valence-electron chi connectivity index (χ3n) is 2.22. The van der Waals surface area contributed by atoms with E-state index in [1.807, 2.05) is 6.92 Å². The van der Waals surface area contributed by atoms with E-state index in [1.165, 1.54) is 0 Å². The molecular weight excluding hydrogens is 180 g/mol. The number of carbonyl (C=O) groups is 1. The van der Waals surface area contributed by atoms with Gasteiger partial charge in [0.1, 0.15) is 0 Å². The summed E-state index contributed by atoms with van der Waals surface area (Å²) in [7, 11) is 0. The summed E-state index contributed by atoms with van der Waals surface area (Å²) in [6.45, 7) is 3.59. The van der Waals surface area contributed by atoms with Crippen molar-refractivity contribution in [3.8, 4) is 0 Å². The molecule has 14 heavy (non-hydrogen) atoms. The van der Waals surface area contributed by atoms with Crippen molar-refractivity contribution >= 4 is 16.9 Å². The van der Waals surface area contributed by atoms with Gasteiger partial charge in [0.15, 0.2) is 0 Å². The molecule has 0 aliphatic heterocycles. The van der Waals surface area contributed by atoms with Gasteiger partial charge in [0, 0.05) is 16.8 Å². The molecular formula is C10H10N2O2. The Morgan fingerprint density at radius 3 is 2.86 bits per heavy atom. The smallest absolute Gasteiger partial charge is 0.338 e.